The molecule has 1 heterocycles. The molecule has 0 saturated carbocycles. The van der Waals surface area contributed by atoms with Crippen LogP contribution in [0.15, 0.2) is 53.0 Å². The average molecular weight is 453 g/mol. The van der Waals surface area contributed by atoms with E-state index < -0.39 is 17.3 Å². The first-order valence-electron chi connectivity index (χ1n) is 8.29. The fourth-order valence-corrected chi connectivity index (χ4v) is 3.81. The normalized spacial score (nSPS) is 21.7. The van der Waals surface area contributed by atoms with Gasteiger partial charge in [-0.05, 0) is 42.5 Å². The van der Waals surface area contributed by atoms with E-state index in [1.165, 1.54) is 6.07 Å². The zero-order valence-corrected chi connectivity index (χ0v) is 16.6. The van der Waals surface area contributed by atoms with E-state index in [9.17, 15) is 14.3 Å². The molecule has 0 aliphatic carbocycles. The maximum atomic E-state index is 14.6. The first-order chi connectivity index (χ1) is 13.0. The van der Waals surface area contributed by atoms with E-state index in [4.69, 9.17) is 17.0 Å². The van der Waals surface area contributed by atoms with Crippen molar-refractivity contribution in [1.82, 2.24) is 10.6 Å². The lowest BCUT2D eigenvalue weighted by Crippen LogP contribution is -2.56. The van der Waals surface area contributed by atoms with E-state index >= 15 is 0 Å². The van der Waals surface area contributed by atoms with Crippen molar-refractivity contribution in [3.63, 3.8) is 0 Å². The molecule has 2 atom stereocenters. The highest BCUT2D eigenvalue weighted by molar-refractivity contribution is 9.10. The summed E-state index contributed by atoms with van der Waals surface area (Å²) < 4.78 is 20.8. The Morgan fingerprint density at radius 1 is 1.33 bits per heavy atom. The molecule has 2 aromatic carbocycles. The molecule has 3 rings (SSSR count). The number of hydrogen-bond donors (Lipinski definition) is 3. The molecular weight excluding hydrogens is 435 g/mol. The third kappa shape index (κ3) is 4.19. The van der Waals surface area contributed by atoms with Crippen LogP contribution in [-0.4, -0.2) is 35.9 Å². The van der Waals surface area contributed by atoms with Gasteiger partial charge in [0.25, 0.3) is 5.91 Å². The van der Waals surface area contributed by atoms with Gasteiger partial charge in [0, 0.05) is 21.5 Å². The van der Waals surface area contributed by atoms with Crippen LogP contribution in [0.5, 0.6) is 0 Å². The van der Waals surface area contributed by atoms with Crippen LogP contribution in [0.3, 0.4) is 0 Å². The lowest BCUT2D eigenvalue weighted by molar-refractivity contribution is 0.0974. The van der Waals surface area contributed by atoms with Gasteiger partial charge in [0.1, 0.15) is 5.82 Å². The molecule has 0 spiro atoms. The van der Waals surface area contributed by atoms with Crippen molar-refractivity contribution in [1.29, 1.82) is 0 Å². The lowest BCUT2D eigenvalue weighted by atomic mass is 9.80. The van der Waals surface area contributed by atoms with Crippen LogP contribution in [0.1, 0.15) is 15.9 Å². The molecule has 1 amide bonds. The van der Waals surface area contributed by atoms with Crippen LogP contribution in [0.2, 0.25) is 0 Å². The zero-order valence-electron chi connectivity index (χ0n) is 14.2. The molecule has 1 aliphatic rings. The van der Waals surface area contributed by atoms with Crippen LogP contribution in [0, 0.1) is 11.7 Å². The number of rotatable bonds is 4. The van der Waals surface area contributed by atoms with Gasteiger partial charge in [-0.25, -0.2) is 4.39 Å². The first kappa shape index (κ1) is 19.9. The number of amides is 1. The third-order valence-electron chi connectivity index (χ3n) is 4.57. The molecule has 0 aromatic heterocycles. The Morgan fingerprint density at radius 3 is 2.78 bits per heavy atom. The summed E-state index contributed by atoms with van der Waals surface area (Å²) in [6.45, 7) is 0.117. The minimum Gasteiger partial charge on any atom is -0.396 e. The molecule has 0 radical (unpaired) electrons. The van der Waals surface area contributed by atoms with Gasteiger partial charge in [-0.3, -0.25) is 10.1 Å². The largest absolute Gasteiger partial charge is 0.396 e. The van der Waals surface area contributed by atoms with Gasteiger partial charge in [0.05, 0.1) is 25.4 Å². The average Bonchev–Trinajstić information content (AvgIpc) is 3.07. The first-order valence-corrected chi connectivity index (χ1v) is 9.49. The molecular formula is C19H18BrFN2O3S. The van der Waals surface area contributed by atoms with E-state index in [1.54, 1.807) is 42.5 Å². The third-order valence-corrected chi connectivity index (χ3v) is 5.27. The molecule has 5 nitrogen and oxygen atoms in total. The summed E-state index contributed by atoms with van der Waals surface area (Å²) in [5.41, 5.74) is -0.334. The van der Waals surface area contributed by atoms with Crippen molar-refractivity contribution >= 4 is 39.2 Å². The predicted molar refractivity (Wildman–Crippen MR) is 107 cm³/mol. The highest BCUT2D eigenvalue weighted by atomic mass is 79.9. The Morgan fingerprint density at radius 2 is 2.07 bits per heavy atom. The van der Waals surface area contributed by atoms with E-state index in [1.807, 2.05) is 0 Å². The van der Waals surface area contributed by atoms with E-state index in [0.717, 1.165) is 0 Å². The molecule has 142 valence electrons. The van der Waals surface area contributed by atoms with Gasteiger partial charge in [-0.2, -0.15) is 0 Å². The topological polar surface area (TPSA) is 70.6 Å². The smallest absolute Gasteiger partial charge is 0.257 e. The van der Waals surface area contributed by atoms with Crippen LogP contribution < -0.4 is 10.6 Å². The Balaban J connectivity index is 1.87. The second-order valence-corrected chi connectivity index (χ2v) is 7.59. The van der Waals surface area contributed by atoms with Crippen LogP contribution in [-0.2, 0) is 10.3 Å². The number of aliphatic hydroxyl groups excluding tert-OH is 1. The monoisotopic (exact) mass is 452 g/mol. The molecule has 1 aliphatic heterocycles. The molecule has 3 N–H and O–H groups in total. The van der Waals surface area contributed by atoms with Crippen molar-refractivity contribution in [2.24, 2.45) is 5.92 Å². The summed E-state index contributed by atoms with van der Waals surface area (Å²) in [6, 6.07) is 13.2. The molecule has 1 saturated heterocycles. The Hall–Kier alpha value is -1.87. The van der Waals surface area contributed by atoms with Gasteiger partial charge in [0.2, 0.25) is 0 Å². The molecule has 0 unspecified atom stereocenters. The highest BCUT2D eigenvalue weighted by Gasteiger charge is 2.47. The van der Waals surface area contributed by atoms with Crippen molar-refractivity contribution in [2.45, 2.75) is 5.54 Å². The highest BCUT2D eigenvalue weighted by Crippen LogP contribution is 2.38. The van der Waals surface area contributed by atoms with Gasteiger partial charge >= 0.3 is 0 Å². The Labute approximate surface area is 170 Å². The van der Waals surface area contributed by atoms with Gasteiger partial charge in [-0.15, -0.1) is 0 Å². The SMILES string of the molecule is O=C(NC(=S)N[C@@]1(c2cc(Br)ccc2F)COC[C@H]1CO)c1ccccc1. The number of carbonyl (C=O) groups is 1. The van der Waals surface area contributed by atoms with Crippen LogP contribution >= 0.6 is 28.1 Å². The molecule has 0 bridgehead atoms. The maximum Gasteiger partial charge on any atom is 0.257 e. The number of hydrogen-bond acceptors (Lipinski definition) is 4. The number of aliphatic hydroxyl groups is 1. The summed E-state index contributed by atoms with van der Waals surface area (Å²) in [6.07, 6.45) is 0. The number of carbonyl (C=O) groups excluding carboxylic acids is 1. The van der Waals surface area contributed by atoms with E-state index in [0.29, 0.717) is 15.6 Å². The van der Waals surface area contributed by atoms with Crippen molar-refractivity contribution in [3.8, 4) is 0 Å². The standard InChI is InChI=1S/C19H18BrFN2O3S/c20-14-6-7-16(21)15(8-14)19(11-26-10-13(19)9-24)23-18(27)22-17(25)12-4-2-1-3-5-12/h1-8,13,24H,9-11H2,(H2,22,23,25,27)/t13-,19+/m1/s1. The second kappa shape index (κ2) is 8.43. The Bertz CT molecular complexity index is 852. The number of nitrogens with one attached hydrogen (secondary N) is 2. The molecule has 27 heavy (non-hydrogen) atoms. The fraction of sp³-hybridized carbons (Fsp3) is 0.263. The van der Waals surface area contributed by atoms with Crippen molar-refractivity contribution in [2.75, 3.05) is 19.8 Å². The van der Waals surface area contributed by atoms with Gasteiger partial charge < -0.3 is 15.2 Å². The summed E-state index contributed by atoms with van der Waals surface area (Å²) in [4.78, 5) is 12.3. The zero-order chi connectivity index (χ0) is 19.4. The van der Waals surface area contributed by atoms with Crippen LogP contribution in [0.4, 0.5) is 4.39 Å². The quantitative estimate of drug-likeness (QED) is 0.622. The van der Waals surface area contributed by atoms with Crippen molar-refractivity contribution in [3.05, 3.63) is 69.9 Å². The van der Waals surface area contributed by atoms with Crippen molar-refractivity contribution < 1.29 is 19.0 Å². The predicted octanol–water partition coefficient (Wildman–Crippen LogP) is 2.73. The molecule has 8 heteroatoms. The number of halogens is 2. The summed E-state index contributed by atoms with van der Waals surface area (Å²) in [5.74, 6) is -1.27. The number of benzene rings is 2. The lowest BCUT2D eigenvalue weighted by Gasteiger charge is -2.36. The minimum absolute atomic E-state index is 0.0344. The van der Waals surface area contributed by atoms with E-state index in [2.05, 4.69) is 26.6 Å². The van der Waals surface area contributed by atoms with Gasteiger partial charge in [0.15, 0.2) is 5.11 Å². The summed E-state index contributed by atoms with van der Waals surface area (Å²) >= 11 is 8.65. The summed E-state index contributed by atoms with van der Waals surface area (Å²) in [5, 5.41) is 15.5. The van der Waals surface area contributed by atoms with Crippen LogP contribution in [0.25, 0.3) is 0 Å². The molecule has 1 fully saturated rings. The van der Waals surface area contributed by atoms with E-state index in [-0.39, 0.29) is 30.8 Å². The second-order valence-electron chi connectivity index (χ2n) is 6.26. The minimum atomic E-state index is -1.09. The molecule has 2 aromatic rings. The fourth-order valence-electron chi connectivity index (χ4n) is 3.17. The number of thiocarbonyl (C=S) groups is 1. The van der Waals surface area contributed by atoms with Gasteiger partial charge in [-0.1, -0.05) is 34.1 Å². The number of ether oxygens (including phenoxy) is 1. The Kier molecular flexibility index (Phi) is 6.21. The maximum absolute atomic E-state index is 14.6. The summed E-state index contributed by atoms with van der Waals surface area (Å²) in [7, 11) is 0.